The number of benzene rings is 1. The summed E-state index contributed by atoms with van der Waals surface area (Å²) in [5.74, 6) is 0.537. The summed E-state index contributed by atoms with van der Waals surface area (Å²) in [4.78, 5) is 16.3. The topological polar surface area (TPSA) is 81.1 Å². The van der Waals surface area contributed by atoms with Gasteiger partial charge in [0.05, 0.1) is 6.04 Å². The number of nitrogens with one attached hydrogen (secondary N) is 1. The molecule has 0 spiro atoms. The van der Waals surface area contributed by atoms with Gasteiger partial charge in [-0.2, -0.15) is 0 Å². The highest BCUT2D eigenvalue weighted by Crippen LogP contribution is 2.19. The molecule has 0 fully saturated rings. The molecule has 2 aromatic rings. The molecule has 1 heterocycles. The summed E-state index contributed by atoms with van der Waals surface area (Å²) in [5.41, 5.74) is 6.95. The first kappa shape index (κ1) is 16.0. The smallest absolute Gasteiger partial charge is 0.277 e. The highest BCUT2D eigenvalue weighted by Gasteiger charge is 2.18. The highest BCUT2D eigenvalue weighted by molar-refractivity contribution is 14.1. The minimum Gasteiger partial charge on any atom is -0.446 e. The van der Waals surface area contributed by atoms with Gasteiger partial charge in [-0.25, -0.2) is 4.98 Å². The van der Waals surface area contributed by atoms with E-state index in [0.717, 1.165) is 15.7 Å². The van der Waals surface area contributed by atoms with Crippen LogP contribution < -0.4 is 11.1 Å². The van der Waals surface area contributed by atoms with Crippen molar-refractivity contribution in [2.45, 2.75) is 26.3 Å². The standard InChI is InChI=1S/C15H18IN3O2/c1-9(2)7-12(17)15-19-13(8-21-15)14(20)18-11-5-3-10(16)4-6-11/h3-6,8-9,12H,7,17H2,1-2H3,(H,18,20). The van der Waals surface area contributed by atoms with E-state index >= 15 is 0 Å². The Bertz CT molecular complexity index is 608. The first-order valence-electron chi connectivity index (χ1n) is 6.73. The molecule has 2 rings (SSSR count). The first-order chi connectivity index (χ1) is 9.95. The van der Waals surface area contributed by atoms with Crippen LogP contribution in [0.4, 0.5) is 5.69 Å². The van der Waals surface area contributed by atoms with Gasteiger partial charge in [0.25, 0.3) is 5.91 Å². The summed E-state index contributed by atoms with van der Waals surface area (Å²) in [6.07, 6.45) is 2.11. The SMILES string of the molecule is CC(C)CC(N)c1nc(C(=O)Nc2ccc(I)cc2)co1. The van der Waals surface area contributed by atoms with Crippen LogP contribution in [0.5, 0.6) is 0 Å². The molecule has 1 atom stereocenters. The van der Waals surface area contributed by atoms with E-state index < -0.39 is 0 Å². The van der Waals surface area contributed by atoms with Crippen molar-refractivity contribution in [2.75, 3.05) is 5.32 Å². The summed E-state index contributed by atoms with van der Waals surface area (Å²) >= 11 is 2.21. The number of carbonyl (C=O) groups is 1. The number of rotatable bonds is 5. The van der Waals surface area contributed by atoms with E-state index in [-0.39, 0.29) is 17.6 Å². The van der Waals surface area contributed by atoms with E-state index in [0.29, 0.717) is 11.8 Å². The molecule has 1 aromatic heterocycles. The van der Waals surface area contributed by atoms with E-state index in [9.17, 15) is 4.79 Å². The normalized spacial score (nSPS) is 12.4. The number of nitrogens with two attached hydrogens (primary N) is 1. The van der Waals surface area contributed by atoms with E-state index in [4.69, 9.17) is 10.2 Å². The molecule has 1 unspecified atom stereocenters. The van der Waals surface area contributed by atoms with Crippen LogP contribution >= 0.6 is 22.6 Å². The molecule has 0 radical (unpaired) electrons. The van der Waals surface area contributed by atoms with Crippen molar-refractivity contribution < 1.29 is 9.21 Å². The summed E-state index contributed by atoms with van der Waals surface area (Å²) in [5, 5.41) is 2.77. The van der Waals surface area contributed by atoms with Gasteiger partial charge < -0.3 is 15.5 Å². The molecule has 0 saturated heterocycles. The molecule has 1 aromatic carbocycles. The maximum atomic E-state index is 12.1. The summed E-state index contributed by atoms with van der Waals surface area (Å²) in [6.45, 7) is 4.15. The van der Waals surface area contributed by atoms with Crippen LogP contribution in [-0.4, -0.2) is 10.9 Å². The average molecular weight is 399 g/mol. The second-order valence-electron chi connectivity index (χ2n) is 5.27. The Morgan fingerprint density at radius 2 is 2.05 bits per heavy atom. The average Bonchev–Trinajstić information content (AvgIpc) is 2.90. The van der Waals surface area contributed by atoms with E-state index in [1.54, 1.807) is 0 Å². The summed E-state index contributed by atoms with van der Waals surface area (Å²) < 4.78 is 6.41. The minimum absolute atomic E-state index is 0.239. The van der Waals surface area contributed by atoms with E-state index in [1.165, 1.54) is 6.26 Å². The Morgan fingerprint density at radius 3 is 2.67 bits per heavy atom. The minimum atomic E-state index is -0.303. The van der Waals surface area contributed by atoms with Crippen LogP contribution in [0.3, 0.4) is 0 Å². The molecule has 6 heteroatoms. The van der Waals surface area contributed by atoms with Crippen LogP contribution in [0.15, 0.2) is 34.9 Å². The third-order valence-electron chi connectivity index (χ3n) is 2.90. The number of anilines is 1. The number of aromatic nitrogens is 1. The zero-order valence-corrected chi connectivity index (χ0v) is 14.1. The van der Waals surface area contributed by atoms with Crippen molar-refractivity contribution in [1.82, 2.24) is 4.98 Å². The van der Waals surface area contributed by atoms with Crippen LogP contribution in [-0.2, 0) is 0 Å². The molecule has 0 bridgehead atoms. The molecular weight excluding hydrogens is 381 g/mol. The fraction of sp³-hybridized carbons (Fsp3) is 0.333. The lowest BCUT2D eigenvalue weighted by Gasteiger charge is -2.09. The van der Waals surface area contributed by atoms with Gasteiger partial charge in [0.2, 0.25) is 5.89 Å². The number of nitrogens with zero attached hydrogens (tertiary/aromatic N) is 1. The van der Waals surface area contributed by atoms with Crippen molar-refractivity contribution in [1.29, 1.82) is 0 Å². The fourth-order valence-corrected chi connectivity index (χ4v) is 2.26. The first-order valence-corrected chi connectivity index (χ1v) is 7.81. The number of amides is 1. The van der Waals surface area contributed by atoms with E-state index in [1.807, 2.05) is 24.3 Å². The van der Waals surface area contributed by atoms with Crippen LogP contribution in [0.2, 0.25) is 0 Å². The Balaban J connectivity index is 2.03. The maximum Gasteiger partial charge on any atom is 0.277 e. The van der Waals surface area contributed by atoms with E-state index in [2.05, 4.69) is 46.7 Å². The monoisotopic (exact) mass is 399 g/mol. The van der Waals surface area contributed by atoms with Gasteiger partial charge >= 0.3 is 0 Å². The third kappa shape index (κ3) is 4.53. The van der Waals surface area contributed by atoms with Crippen molar-refractivity contribution in [2.24, 2.45) is 11.7 Å². The largest absolute Gasteiger partial charge is 0.446 e. The molecule has 3 N–H and O–H groups in total. The van der Waals surface area contributed by atoms with Crippen molar-refractivity contribution in [3.05, 3.63) is 45.7 Å². The quantitative estimate of drug-likeness (QED) is 0.754. The zero-order valence-electron chi connectivity index (χ0n) is 12.0. The molecule has 0 aliphatic rings. The molecule has 0 aliphatic heterocycles. The van der Waals surface area contributed by atoms with Gasteiger partial charge in [0.1, 0.15) is 6.26 Å². The lowest BCUT2D eigenvalue weighted by Crippen LogP contribution is -2.15. The summed E-state index contributed by atoms with van der Waals surface area (Å²) in [6, 6.07) is 7.23. The number of carbonyl (C=O) groups excluding carboxylic acids is 1. The lowest BCUT2D eigenvalue weighted by atomic mass is 10.0. The Kier molecular flexibility index (Phi) is 5.35. The highest BCUT2D eigenvalue weighted by atomic mass is 127. The molecular formula is C15H18IN3O2. The van der Waals surface area contributed by atoms with Crippen molar-refractivity contribution in [3.8, 4) is 0 Å². The molecule has 5 nitrogen and oxygen atoms in total. The van der Waals surface area contributed by atoms with Crippen molar-refractivity contribution >= 4 is 34.2 Å². The van der Waals surface area contributed by atoms with Gasteiger partial charge in [-0.3, -0.25) is 4.79 Å². The van der Waals surface area contributed by atoms with Crippen LogP contribution in [0.25, 0.3) is 0 Å². The summed E-state index contributed by atoms with van der Waals surface area (Å²) in [7, 11) is 0. The lowest BCUT2D eigenvalue weighted by molar-refractivity contribution is 0.102. The van der Waals surface area contributed by atoms with Gasteiger partial charge in [0, 0.05) is 9.26 Å². The predicted molar refractivity (Wildman–Crippen MR) is 90.0 cm³/mol. The van der Waals surface area contributed by atoms with Crippen molar-refractivity contribution in [3.63, 3.8) is 0 Å². The fourth-order valence-electron chi connectivity index (χ4n) is 1.90. The predicted octanol–water partition coefficient (Wildman–Crippen LogP) is 3.58. The third-order valence-corrected chi connectivity index (χ3v) is 3.62. The molecule has 0 aliphatic carbocycles. The Hall–Kier alpha value is -1.41. The molecule has 112 valence electrons. The Labute approximate surface area is 137 Å². The second kappa shape index (κ2) is 7.04. The zero-order chi connectivity index (χ0) is 15.4. The van der Waals surface area contributed by atoms with Crippen LogP contribution in [0.1, 0.15) is 42.7 Å². The number of oxazole rings is 1. The van der Waals surface area contributed by atoms with Crippen LogP contribution in [0, 0.1) is 9.49 Å². The molecule has 1 amide bonds. The van der Waals surface area contributed by atoms with Gasteiger partial charge in [-0.1, -0.05) is 13.8 Å². The second-order valence-corrected chi connectivity index (χ2v) is 6.51. The number of halogens is 1. The molecule has 21 heavy (non-hydrogen) atoms. The Morgan fingerprint density at radius 1 is 1.38 bits per heavy atom. The van der Waals surface area contributed by atoms with Gasteiger partial charge in [-0.05, 0) is 59.2 Å². The van der Waals surface area contributed by atoms with Gasteiger partial charge in [0.15, 0.2) is 5.69 Å². The number of hydrogen-bond donors (Lipinski definition) is 2. The number of hydrogen-bond acceptors (Lipinski definition) is 4. The molecule has 0 saturated carbocycles. The van der Waals surface area contributed by atoms with Gasteiger partial charge in [-0.15, -0.1) is 0 Å². The maximum absolute atomic E-state index is 12.1.